The summed E-state index contributed by atoms with van der Waals surface area (Å²) in [5, 5.41) is 3.80. The van der Waals surface area contributed by atoms with Gasteiger partial charge in [-0.05, 0) is 38.5 Å². The Bertz CT molecular complexity index is 425. The molecule has 4 nitrogen and oxygen atoms in total. The topological polar surface area (TPSA) is 50.7 Å². The number of ether oxygens (including phenoxy) is 1. The van der Waals surface area contributed by atoms with Crippen LogP contribution in [0.5, 0.6) is 0 Å². The van der Waals surface area contributed by atoms with E-state index < -0.39 is 11.7 Å². The molecule has 1 rings (SSSR count). The Morgan fingerprint density at radius 2 is 2.18 bits per heavy atom. The number of nitrogens with zero attached hydrogens (tertiary/aromatic N) is 1. The number of hydrogen-bond acceptors (Lipinski definition) is 3. The Morgan fingerprint density at radius 3 is 2.76 bits per heavy atom. The molecule has 0 aromatic heterocycles. The maximum Gasteiger partial charge on any atom is 0.428 e. The summed E-state index contributed by atoms with van der Waals surface area (Å²) < 4.78 is 5.98. The number of carbonyl (C=O) groups is 1. The Labute approximate surface area is 109 Å². The number of halogens is 1. The molecule has 0 radical (unpaired) electrons. The zero-order valence-corrected chi connectivity index (χ0v) is 11.6. The molecule has 1 aromatic rings. The summed E-state index contributed by atoms with van der Waals surface area (Å²) in [5.41, 5.74) is 2.67. The fourth-order valence-corrected chi connectivity index (χ4v) is 1.46. The van der Waals surface area contributed by atoms with Crippen LogP contribution in [0.15, 0.2) is 33.8 Å². The predicted octanol–water partition coefficient (Wildman–Crippen LogP) is 3.31. The van der Waals surface area contributed by atoms with Crippen molar-refractivity contribution in [2.24, 2.45) is 5.10 Å². The summed E-state index contributed by atoms with van der Waals surface area (Å²) in [6, 6.07) is 7.57. The minimum Gasteiger partial charge on any atom is -0.443 e. The molecule has 1 aromatic carbocycles. The zero-order chi connectivity index (χ0) is 12.9. The number of carbonyl (C=O) groups excluding carboxylic acids is 1. The first-order valence-electron chi connectivity index (χ1n) is 5.14. The van der Waals surface area contributed by atoms with E-state index in [1.165, 1.54) is 0 Å². The zero-order valence-electron chi connectivity index (χ0n) is 10.0. The van der Waals surface area contributed by atoms with Gasteiger partial charge in [-0.3, -0.25) is 0 Å². The van der Waals surface area contributed by atoms with Crippen LogP contribution < -0.4 is 5.43 Å². The Balaban J connectivity index is 2.48. The molecular formula is C12H15BrN2O2. The van der Waals surface area contributed by atoms with Crippen LogP contribution in [0.2, 0.25) is 0 Å². The van der Waals surface area contributed by atoms with Crippen LogP contribution in [0, 0.1) is 0 Å². The third-order valence-electron chi connectivity index (χ3n) is 1.62. The molecule has 0 spiro atoms. The number of rotatable bonds is 2. The quantitative estimate of drug-likeness (QED) is 0.673. The monoisotopic (exact) mass is 298 g/mol. The minimum absolute atomic E-state index is 0.518. The highest BCUT2D eigenvalue weighted by Gasteiger charge is 2.15. The van der Waals surface area contributed by atoms with Crippen molar-refractivity contribution in [1.82, 2.24) is 5.43 Å². The SMILES string of the molecule is CC(C)(C)OC(=O)N/N=C\c1cccc(Br)c1. The number of nitrogens with one attached hydrogen (secondary N) is 1. The van der Waals surface area contributed by atoms with E-state index in [-0.39, 0.29) is 0 Å². The summed E-state index contributed by atoms with van der Waals surface area (Å²) in [5.74, 6) is 0. The van der Waals surface area contributed by atoms with Crippen molar-refractivity contribution in [3.8, 4) is 0 Å². The average molecular weight is 299 g/mol. The molecule has 92 valence electrons. The van der Waals surface area contributed by atoms with E-state index in [1.54, 1.807) is 27.0 Å². The lowest BCUT2D eigenvalue weighted by Crippen LogP contribution is -2.29. The highest BCUT2D eigenvalue weighted by atomic mass is 79.9. The lowest BCUT2D eigenvalue weighted by atomic mass is 10.2. The third-order valence-corrected chi connectivity index (χ3v) is 2.11. The lowest BCUT2D eigenvalue weighted by Gasteiger charge is -2.18. The Kier molecular flexibility index (Phi) is 4.69. The molecule has 0 aliphatic carbocycles. The van der Waals surface area contributed by atoms with Gasteiger partial charge in [-0.15, -0.1) is 0 Å². The molecule has 0 aliphatic rings. The molecule has 0 saturated carbocycles. The second-order valence-corrected chi connectivity index (χ2v) is 5.34. The van der Waals surface area contributed by atoms with Crippen LogP contribution in [0.3, 0.4) is 0 Å². The fraction of sp³-hybridized carbons (Fsp3) is 0.333. The van der Waals surface area contributed by atoms with Crippen LogP contribution in [-0.2, 0) is 4.74 Å². The van der Waals surface area contributed by atoms with Crippen LogP contribution in [0.4, 0.5) is 4.79 Å². The van der Waals surface area contributed by atoms with Gasteiger partial charge in [0.05, 0.1) is 6.21 Å². The highest BCUT2D eigenvalue weighted by Crippen LogP contribution is 2.10. The van der Waals surface area contributed by atoms with Gasteiger partial charge >= 0.3 is 6.09 Å². The standard InChI is InChI=1S/C12H15BrN2O2/c1-12(2,3)17-11(16)15-14-8-9-5-4-6-10(13)7-9/h4-8H,1-3H3,(H,15,16)/b14-8-. The normalized spacial score (nSPS) is 11.5. The van der Waals surface area contributed by atoms with Crippen LogP contribution in [0.1, 0.15) is 26.3 Å². The number of hydrazone groups is 1. The van der Waals surface area contributed by atoms with Crippen molar-refractivity contribution < 1.29 is 9.53 Å². The molecule has 0 bridgehead atoms. The van der Waals surface area contributed by atoms with Crippen LogP contribution >= 0.6 is 15.9 Å². The first-order chi connectivity index (χ1) is 7.87. The molecule has 0 unspecified atom stereocenters. The summed E-state index contributed by atoms with van der Waals surface area (Å²) >= 11 is 3.35. The molecule has 1 amide bonds. The molecule has 0 aliphatic heterocycles. The molecule has 0 heterocycles. The molecule has 1 N–H and O–H groups in total. The van der Waals surface area contributed by atoms with Crippen LogP contribution in [-0.4, -0.2) is 17.9 Å². The largest absolute Gasteiger partial charge is 0.443 e. The number of amides is 1. The Morgan fingerprint density at radius 1 is 1.47 bits per heavy atom. The number of hydrogen-bond donors (Lipinski definition) is 1. The minimum atomic E-state index is -0.566. The second-order valence-electron chi connectivity index (χ2n) is 4.43. The van der Waals surface area contributed by atoms with Gasteiger partial charge in [0, 0.05) is 4.47 Å². The van der Waals surface area contributed by atoms with Gasteiger partial charge in [0.25, 0.3) is 0 Å². The molecule has 0 atom stereocenters. The number of benzene rings is 1. The molecule has 0 saturated heterocycles. The van der Waals surface area contributed by atoms with E-state index in [2.05, 4.69) is 26.5 Å². The molecule has 17 heavy (non-hydrogen) atoms. The molecule has 5 heteroatoms. The van der Waals surface area contributed by atoms with Crippen molar-refractivity contribution in [2.45, 2.75) is 26.4 Å². The predicted molar refractivity (Wildman–Crippen MR) is 71.1 cm³/mol. The molecular weight excluding hydrogens is 284 g/mol. The summed E-state index contributed by atoms with van der Waals surface area (Å²) in [6.07, 6.45) is 0.984. The van der Waals surface area contributed by atoms with E-state index >= 15 is 0 Å². The molecule has 0 fully saturated rings. The third kappa shape index (κ3) is 6.06. The van der Waals surface area contributed by atoms with E-state index in [1.807, 2.05) is 24.3 Å². The first-order valence-corrected chi connectivity index (χ1v) is 5.94. The van der Waals surface area contributed by atoms with Gasteiger partial charge in [-0.1, -0.05) is 28.1 Å². The van der Waals surface area contributed by atoms with Crippen molar-refractivity contribution in [3.63, 3.8) is 0 Å². The lowest BCUT2D eigenvalue weighted by molar-refractivity contribution is 0.0529. The van der Waals surface area contributed by atoms with Gasteiger partial charge in [0.2, 0.25) is 0 Å². The van der Waals surface area contributed by atoms with E-state index in [0.717, 1.165) is 10.0 Å². The maximum absolute atomic E-state index is 11.3. The first kappa shape index (κ1) is 13.7. The average Bonchev–Trinajstić information content (AvgIpc) is 2.14. The van der Waals surface area contributed by atoms with Crippen LogP contribution in [0.25, 0.3) is 0 Å². The Hall–Kier alpha value is -1.36. The maximum atomic E-state index is 11.3. The second kappa shape index (κ2) is 5.82. The highest BCUT2D eigenvalue weighted by molar-refractivity contribution is 9.10. The van der Waals surface area contributed by atoms with Crippen molar-refractivity contribution in [2.75, 3.05) is 0 Å². The van der Waals surface area contributed by atoms with Crippen molar-refractivity contribution >= 4 is 28.2 Å². The van der Waals surface area contributed by atoms with Gasteiger partial charge in [0.1, 0.15) is 5.60 Å². The van der Waals surface area contributed by atoms with E-state index in [4.69, 9.17) is 4.74 Å². The van der Waals surface area contributed by atoms with Gasteiger partial charge < -0.3 is 4.74 Å². The van der Waals surface area contributed by atoms with Gasteiger partial charge in [-0.25, -0.2) is 10.2 Å². The van der Waals surface area contributed by atoms with Crippen molar-refractivity contribution in [3.05, 3.63) is 34.3 Å². The summed E-state index contributed by atoms with van der Waals surface area (Å²) in [4.78, 5) is 11.3. The summed E-state index contributed by atoms with van der Waals surface area (Å²) in [7, 11) is 0. The van der Waals surface area contributed by atoms with Gasteiger partial charge in [-0.2, -0.15) is 5.10 Å². The van der Waals surface area contributed by atoms with E-state index in [9.17, 15) is 4.79 Å². The summed E-state index contributed by atoms with van der Waals surface area (Å²) in [6.45, 7) is 5.39. The van der Waals surface area contributed by atoms with Gasteiger partial charge in [0.15, 0.2) is 0 Å². The van der Waals surface area contributed by atoms with Crippen molar-refractivity contribution in [1.29, 1.82) is 0 Å². The smallest absolute Gasteiger partial charge is 0.428 e. The fourth-order valence-electron chi connectivity index (χ4n) is 1.05. The van der Waals surface area contributed by atoms with E-state index in [0.29, 0.717) is 0 Å².